The molecule has 1 amide bonds. The van der Waals surface area contributed by atoms with E-state index in [1.807, 2.05) is 50.2 Å². The topological polar surface area (TPSA) is 85.6 Å². The van der Waals surface area contributed by atoms with Gasteiger partial charge in [-0.25, -0.2) is 4.98 Å². The summed E-state index contributed by atoms with van der Waals surface area (Å²) >= 11 is 5.36. The van der Waals surface area contributed by atoms with Crippen molar-refractivity contribution in [1.29, 1.82) is 0 Å². The largest absolute Gasteiger partial charge is 0.454 e. The molecule has 0 unspecified atom stereocenters. The van der Waals surface area contributed by atoms with Crippen LogP contribution in [0.2, 0.25) is 0 Å². The standard InChI is InChI=1S/C24H19N3O4S/c1-13-3-7-19-18(9-13)25-23(31-19)16-5-4-14(2)17(10-16)26-24(32)27-22(28)15-6-8-20-21(11-15)30-12-29-20/h3-11H,12H2,1-2H3,(H2,26,27,28,32). The van der Waals surface area contributed by atoms with E-state index in [2.05, 4.69) is 15.6 Å². The summed E-state index contributed by atoms with van der Waals surface area (Å²) in [4.78, 5) is 17.2. The van der Waals surface area contributed by atoms with E-state index in [1.54, 1.807) is 18.2 Å². The summed E-state index contributed by atoms with van der Waals surface area (Å²) in [7, 11) is 0. The summed E-state index contributed by atoms with van der Waals surface area (Å²) < 4.78 is 16.5. The van der Waals surface area contributed by atoms with Gasteiger partial charge in [0.05, 0.1) is 0 Å². The Kier molecular flexibility index (Phi) is 4.99. The van der Waals surface area contributed by atoms with Gasteiger partial charge in [-0.2, -0.15) is 0 Å². The molecule has 0 spiro atoms. The third-order valence-corrected chi connectivity index (χ3v) is 5.34. The first kappa shape index (κ1) is 20.0. The second-order valence-electron chi connectivity index (χ2n) is 7.50. The first-order valence-electron chi connectivity index (χ1n) is 9.96. The first-order valence-corrected chi connectivity index (χ1v) is 10.4. The highest BCUT2D eigenvalue weighted by Gasteiger charge is 2.17. The number of aryl methyl sites for hydroxylation is 2. The van der Waals surface area contributed by atoms with Gasteiger partial charge in [0.1, 0.15) is 5.52 Å². The van der Waals surface area contributed by atoms with E-state index in [4.69, 9.17) is 26.1 Å². The number of oxazole rings is 1. The molecular formula is C24H19N3O4S. The molecule has 8 heteroatoms. The predicted molar refractivity (Wildman–Crippen MR) is 125 cm³/mol. The number of amides is 1. The van der Waals surface area contributed by atoms with Crippen LogP contribution in [0.3, 0.4) is 0 Å². The van der Waals surface area contributed by atoms with Crippen molar-refractivity contribution in [1.82, 2.24) is 10.3 Å². The minimum absolute atomic E-state index is 0.148. The highest BCUT2D eigenvalue weighted by molar-refractivity contribution is 7.80. The Labute approximate surface area is 189 Å². The lowest BCUT2D eigenvalue weighted by atomic mass is 10.1. The Morgan fingerprint density at radius 1 is 1.00 bits per heavy atom. The van der Waals surface area contributed by atoms with Crippen LogP contribution in [0.25, 0.3) is 22.6 Å². The van der Waals surface area contributed by atoms with Crippen LogP contribution in [0.15, 0.2) is 59.0 Å². The van der Waals surface area contributed by atoms with E-state index >= 15 is 0 Å². The fourth-order valence-corrected chi connectivity index (χ4v) is 3.62. The number of rotatable bonds is 3. The summed E-state index contributed by atoms with van der Waals surface area (Å²) in [5, 5.41) is 5.97. The van der Waals surface area contributed by atoms with Crippen molar-refractivity contribution in [2.24, 2.45) is 0 Å². The number of carbonyl (C=O) groups is 1. The molecule has 32 heavy (non-hydrogen) atoms. The lowest BCUT2D eigenvalue weighted by molar-refractivity contribution is 0.0977. The molecule has 1 aromatic heterocycles. The maximum absolute atomic E-state index is 12.6. The average molecular weight is 446 g/mol. The number of ether oxygens (including phenoxy) is 2. The maximum Gasteiger partial charge on any atom is 0.257 e. The molecule has 0 radical (unpaired) electrons. The number of fused-ring (bicyclic) bond motifs is 2. The normalized spacial score (nSPS) is 12.1. The van der Waals surface area contributed by atoms with E-state index in [0.29, 0.717) is 23.0 Å². The number of hydrogen-bond acceptors (Lipinski definition) is 6. The van der Waals surface area contributed by atoms with Gasteiger partial charge in [-0.1, -0.05) is 12.1 Å². The third kappa shape index (κ3) is 3.88. The number of anilines is 1. The molecule has 4 aromatic rings. The molecule has 5 rings (SSSR count). The molecule has 1 aliphatic heterocycles. The minimum atomic E-state index is -0.344. The molecule has 2 N–H and O–H groups in total. The van der Waals surface area contributed by atoms with Gasteiger partial charge in [0.25, 0.3) is 5.91 Å². The van der Waals surface area contributed by atoms with Crippen LogP contribution in [-0.4, -0.2) is 22.8 Å². The van der Waals surface area contributed by atoms with Gasteiger partial charge < -0.3 is 19.2 Å². The summed E-state index contributed by atoms with van der Waals surface area (Å²) in [5.74, 6) is 1.32. The van der Waals surface area contributed by atoms with Crippen LogP contribution < -0.4 is 20.1 Å². The van der Waals surface area contributed by atoms with Crippen LogP contribution in [0, 0.1) is 13.8 Å². The molecule has 0 bridgehead atoms. The number of hydrogen-bond donors (Lipinski definition) is 2. The molecule has 2 heterocycles. The molecule has 7 nitrogen and oxygen atoms in total. The molecule has 0 fully saturated rings. The smallest absolute Gasteiger partial charge is 0.257 e. The first-order chi connectivity index (χ1) is 15.5. The summed E-state index contributed by atoms with van der Waals surface area (Å²) in [6.45, 7) is 4.11. The van der Waals surface area contributed by atoms with E-state index in [-0.39, 0.29) is 17.8 Å². The van der Waals surface area contributed by atoms with Crippen LogP contribution in [0.4, 0.5) is 5.69 Å². The lowest BCUT2D eigenvalue weighted by Gasteiger charge is -2.13. The van der Waals surface area contributed by atoms with Crippen LogP contribution in [-0.2, 0) is 0 Å². The zero-order valence-corrected chi connectivity index (χ0v) is 18.2. The van der Waals surface area contributed by atoms with Gasteiger partial charge in [0.2, 0.25) is 12.7 Å². The summed E-state index contributed by atoms with van der Waals surface area (Å²) in [6.07, 6.45) is 0. The summed E-state index contributed by atoms with van der Waals surface area (Å²) in [6, 6.07) is 16.6. The zero-order valence-electron chi connectivity index (χ0n) is 17.4. The monoisotopic (exact) mass is 445 g/mol. The quantitative estimate of drug-likeness (QED) is 0.431. The minimum Gasteiger partial charge on any atom is -0.454 e. The Morgan fingerprint density at radius 2 is 1.84 bits per heavy atom. The highest BCUT2D eigenvalue weighted by atomic mass is 32.1. The molecule has 0 atom stereocenters. The zero-order chi connectivity index (χ0) is 22.2. The van der Waals surface area contributed by atoms with Crippen molar-refractivity contribution < 1.29 is 18.7 Å². The fraction of sp³-hybridized carbons (Fsp3) is 0.125. The van der Waals surface area contributed by atoms with Crippen molar-refractivity contribution in [2.75, 3.05) is 12.1 Å². The van der Waals surface area contributed by atoms with Crippen molar-refractivity contribution in [3.05, 3.63) is 71.3 Å². The lowest BCUT2D eigenvalue weighted by Crippen LogP contribution is -2.34. The molecule has 0 saturated heterocycles. The Hall–Kier alpha value is -3.91. The van der Waals surface area contributed by atoms with Crippen molar-refractivity contribution in [3.8, 4) is 23.0 Å². The van der Waals surface area contributed by atoms with Crippen molar-refractivity contribution in [2.45, 2.75) is 13.8 Å². The Morgan fingerprint density at radius 3 is 2.72 bits per heavy atom. The number of nitrogens with zero attached hydrogens (tertiary/aromatic N) is 1. The summed E-state index contributed by atoms with van der Waals surface area (Å²) in [5.41, 5.74) is 5.58. The van der Waals surface area contributed by atoms with Gasteiger partial charge in [-0.3, -0.25) is 10.1 Å². The number of thiocarbonyl (C=S) groups is 1. The van der Waals surface area contributed by atoms with E-state index in [0.717, 1.165) is 33.5 Å². The van der Waals surface area contributed by atoms with Gasteiger partial charge in [-0.15, -0.1) is 0 Å². The number of carbonyl (C=O) groups excluding carboxylic acids is 1. The van der Waals surface area contributed by atoms with Gasteiger partial charge in [-0.05, 0) is 79.7 Å². The SMILES string of the molecule is Cc1ccc2oc(-c3ccc(C)c(NC(=S)NC(=O)c4ccc5c(c4)OCO5)c3)nc2c1. The Bertz CT molecular complexity index is 1380. The van der Waals surface area contributed by atoms with Crippen molar-refractivity contribution in [3.63, 3.8) is 0 Å². The predicted octanol–water partition coefficient (Wildman–Crippen LogP) is 4.97. The van der Waals surface area contributed by atoms with Crippen LogP contribution in [0.5, 0.6) is 11.5 Å². The third-order valence-electron chi connectivity index (χ3n) is 5.14. The van der Waals surface area contributed by atoms with Crippen LogP contribution >= 0.6 is 12.2 Å². The van der Waals surface area contributed by atoms with Crippen molar-refractivity contribution >= 4 is 40.0 Å². The number of aromatic nitrogens is 1. The Balaban J connectivity index is 1.33. The van der Waals surface area contributed by atoms with Gasteiger partial charge in [0, 0.05) is 16.8 Å². The number of nitrogens with one attached hydrogen (secondary N) is 2. The van der Waals surface area contributed by atoms with Gasteiger partial charge in [0.15, 0.2) is 22.2 Å². The molecule has 3 aromatic carbocycles. The molecule has 0 aliphatic carbocycles. The molecule has 0 saturated carbocycles. The van der Waals surface area contributed by atoms with E-state index in [1.165, 1.54) is 0 Å². The average Bonchev–Trinajstić information content (AvgIpc) is 3.41. The molecular weight excluding hydrogens is 426 g/mol. The van der Waals surface area contributed by atoms with Crippen LogP contribution in [0.1, 0.15) is 21.5 Å². The fourth-order valence-electron chi connectivity index (χ4n) is 3.42. The molecule has 160 valence electrons. The molecule has 1 aliphatic rings. The van der Waals surface area contributed by atoms with E-state index in [9.17, 15) is 4.79 Å². The second kappa shape index (κ2) is 7.97. The number of benzene rings is 3. The highest BCUT2D eigenvalue weighted by Crippen LogP contribution is 2.32. The second-order valence-corrected chi connectivity index (χ2v) is 7.90. The van der Waals surface area contributed by atoms with E-state index < -0.39 is 0 Å². The van der Waals surface area contributed by atoms with Gasteiger partial charge >= 0.3 is 0 Å². The maximum atomic E-state index is 12.6.